The minimum absolute atomic E-state index is 0.507. The topological polar surface area (TPSA) is 21.3 Å². The molecule has 1 aromatic carbocycles. The Morgan fingerprint density at radius 3 is 2.37 bits per heavy atom. The molecule has 0 unspecified atom stereocenters. The molecule has 0 spiro atoms. The average Bonchev–Trinajstić information content (AvgIpc) is 2.90. The number of benzene rings is 1. The van der Waals surface area contributed by atoms with Gasteiger partial charge < -0.3 is 10.1 Å². The second kappa shape index (κ2) is 7.66. The van der Waals surface area contributed by atoms with Crippen LogP contribution in [0.3, 0.4) is 0 Å². The molecule has 1 saturated carbocycles. The van der Waals surface area contributed by atoms with Gasteiger partial charge in [-0.2, -0.15) is 0 Å². The summed E-state index contributed by atoms with van der Waals surface area (Å²) in [6, 6.07) is 8.81. The number of ether oxygens (including phenoxy) is 1. The molecular formula is C17H27NO. The van der Waals surface area contributed by atoms with Crippen LogP contribution >= 0.6 is 0 Å². The first-order valence-electron chi connectivity index (χ1n) is 7.64. The molecule has 0 radical (unpaired) electrons. The fourth-order valence-electron chi connectivity index (χ4n) is 2.53. The molecule has 0 aliphatic heterocycles. The molecule has 2 heteroatoms. The van der Waals surface area contributed by atoms with Gasteiger partial charge in [-0.05, 0) is 36.4 Å². The molecule has 0 atom stereocenters. The molecule has 1 aliphatic carbocycles. The maximum Gasteiger partial charge on any atom is 0.0720 e. The van der Waals surface area contributed by atoms with E-state index in [4.69, 9.17) is 4.74 Å². The van der Waals surface area contributed by atoms with Crippen molar-refractivity contribution in [2.75, 3.05) is 6.54 Å². The Balaban J connectivity index is 1.71. The van der Waals surface area contributed by atoms with Crippen molar-refractivity contribution in [1.29, 1.82) is 0 Å². The van der Waals surface area contributed by atoms with Gasteiger partial charge in [0.25, 0.3) is 0 Å². The lowest BCUT2D eigenvalue weighted by atomic mass is 10.1. The molecule has 1 fully saturated rings. The molecule has 0 heterocycles. The Kier molecular flexibility index (Phi) is 5.87. The van der Waals surface area contributed by atoms with Gasteiger partial charge in [-0.15, -0.1) is 0 Å². The van der Waals surface area contributed by atoms with Gasteiger partial charge in [-0.1, -0.05) is 51.0 Å². The minimum atomic E-state index is 0.507. The van der Waals surface area contributed by atoms with Crippen molar-refractivity contribution in [1.82, 2.24) is 5.32 Å². The molecule has 1 N–H and O–H groups in total. The van der Waals surface area contributed by atoms with E-state index in [0.29, 0.717) is 12.0 Å². The first-order valence-corrected chi connectivity index (χ1v) is 7.64. The van der Waals surface area contributed by atoms with Crippen LogP contribution in [0.15, 0.2) is 24.3 Å². The van der Waals surface area contributed by atoms with Crippen LogP contribution in [-0.4, -0.2) is 12.6 Å². The minimum Gasteiger partial charge on any atom is -0.374 e. The second-order valence-corrected chi connectivity index (χ2v) is 6.06. The van der Waals surface area contributed by atoms with E-state index in [1.54, 1.807) is 0 Å². The van der Waals surface area contributed by atoms with Gasteiger partial charge in [-0.25, -0.2) is 0 Å². The third-order valence-corrected chi connectivity index (χ3v) is 3.69. The maximum atomic E-state index is 5.93. The molecule has 19 heavy (non-hydrogen) atoms. The molecule has 0 saturated heterocycles. The molecule has 2 rings (SSSR count). The van der Waals surface area contributed by atoms with Crippen LogP contribution in [-0.2, 0) is 17.9 Å². The monoisotopic (exact) mass is 261 g/mol. The van der Waals surface area contributed by atoms with Gasteiger partial charge in [-0.3, -0.25) is 0 Å². The van der Waals surface area contributed by atoms with Gasteiger partial charge in [0.1, 0.15) is 0 Å². The average molecular weight is 261 g/mol. The second-order valence-electron chi connectivity index (χ2n) is 6.06. The lowest BCUT2D eigenvalue weighted by molar-refractivity contribution is 0.0457. The van der Waals surface area contributed by atoms with E-state index in [9.17, 15) is 0 Å². The number of hydrogen-bond donors (Lipinski definition) is 1. The first-order chi connectivity index (χ1) is 9.24. The van der Waals surface area contributed by atoms with Gasteiger partial charge in [0.05, 0.1) is 12.7 Å². The lowest BCUT2D eigenvalue weighted by Crippen LogP contribution is -2.18. The smallest absolute Gasteiger partial charge is 0.0720 e. The summed E-state index contributed by atoms with van der Waals surface area (Å²) < 4.78 is 5.93. The zero-order valence-corrected chi connectivity index (χ0v) is 12.3. The van der Waals surface area contributed by atoms with Crippen molar-refractivity contribution < 1.29 is 4.74 Å². The quantitative estimate of drug-likeness (QED) is 0.804. The molecule has 106 valence electrons. The predicted octanol–water partition coefficient (Wildman–Crippen LogP) is 3.89. The van der Waals surface area contributed by atoms with Gasteiger partial charge in [0.2, 0.25) is 0 Å². The summed E-state index contributed by atoms with van der Waals surface area (Å²) >= 11 is 0. The summed E-state index contributed by atoms with van der Waals surface area (Å²) in [4.78, 5) is 0. The Morgan fingerprint density at radius 1 is 1.11 bits per heavy atom. The zero-order chi connectivity index (χ0) is 13.5. The van der Waals surface area contributed by atoms with E-state index in [1.807, 2.05) is 0 Å². The van der Waals surface area contributed by atoms with E-state index in [0.717, 1.165) is 19.7 Å². The SMILES string of the molecule is CC(C)CNCc1ccc(COC2CCCC2)cc1. The van der Waals surface area contributed by atoms with Gasteiger partial charge in [0.15, 0.2) is 0 Å². The summed E-state index contributed by atoms with van der Waals surface area (Å²) in [5.41, 5.74) is 2.64. The van der Waals surface area contributed by atoms with Crippen LogP contribution < -0.4 is 5.32 Å². The molecule has 0 bridgehead atoms. The van der Waals surface area contributed by atoms with E-state index >= 15 is 0 Å². The Bertz CT molecular complexity index is 352. The molecule has 1 aromatic rings. The molecule has 0 aromatic heterocycles. The van der Waals surface area contributed by atoms with Crippen molar-refractivity contribution in [2.45, 2.75) is 58.8 Å². The number of rotatable bonds is 7. The summed E-state index contributed by atoms with van der Waals surface area (Å²) in [6.45, 7) is 7.27. The summed E-state index contributed by atoms with van der Waals surface area (Å²) in [6.07, 6.45) is 5.68. The van der Waals surface area contributed by atoms with Crippen molar-refractivity contribution in [3.63, 3.8) is 0 Å². The molecule has 2 nitrogen and oxygen atoms in total. The maximum absolute atomic E-state index is 5.93. The Morgan fingerprint density at radius 2 is 1.74 bits per heavy atom. The molecule has 0 amide bonds. The zero-order valence-electron chi connectivity index (χ0n) is 12.3. The normalized spacial score (nSPS) is 16.4. The van der Waals surface area contributed by atoms with Crippen molar-refractivity contribution >= 4 is 0 Å². The number of hydrogen-bond acceptors (Lipinski definition) is 2. The highest BCUT2D eigenvalue weighted by atomic mass is 16.5. The van der Waals surface area contributed by atoms with Crippen LogP contribution in [0.2, 0.25) is 0 Å². The van der Waals surface area contributed by atoms with E-state index in [2.05, 4.69) is 43.4 Å². The first kappa shape index (κ1) is 14.5. The standard InChI is InChI=1S/C17H27NO/c1-14(2)11-18-12-15-7-9-16(10-8-15)13-19-17-5-3-4-6-17/h7-10,14,17-18H,3-6,11-13H2,1-2H3. The van der Waals surface area contributed by atoms with Crippen LogP contribution in [0.1, 0.15) is 50.7 Å². The van der Waals surface area contributed by atoms with Crippen LogP contribution in [0.4, 0.5) is 0 Å². The highest BCUT2D eigenvalue weighted by molar-refractivity contribution is 5.21. The Labute approximate surface area is 117 Å². The third-order valence-electron chi connectivity index (χ3n) is 3.69. The molecule has 1 aliphatic rings. The summed E-state index contributed by atoms with van der Waals surface area (Å²) in [5, 5.41) is 3.47. The summed E-state index contributed by atoms with van der Waals surface area (Å²) in [7, 11) is 0. The Hall–Kier alpha value is -0.860. The van der Waals surface area contributed by atoms with Gasteiger partial charge in [0, 0.05) is 6.54 Å². The van der Waals surface area contributed by atoms with E-state index in [-0.39, 0.29) is 0 Å². The number of nitrogens with one attached hydrogen (secondary N) is 1. The van der Waals surface area contributed by atoms with Gasteiger partial charge >= 0.3 is 0 Å². The predicted molar refractivity (Wildman–Crippen MR) is 80.0 cm³/mol. The fourth-order valence-corrected chi connectivity index (χ4v) is 2.53. The summed E-state index contributed by atoms with van der Waals surface area (Å²) in [5.74, 6) is 0.707. The van der Waals surface area contributed by atoms with Crippen LogP contribution in [0.25, 0.3) is 0 Å². The fraction of sp³-hybridized carbons (Fsp3) is 0.647. The van der Waals surface area contributed by atoms with Crippen LogP contribution in [0, 0.1) is 5.92 Å². The van der Waals surface area contributed by atoms with E-state index < -0.39 is 0 Å². The lowest BCUT2D eigenvalue weighted by Gasteiger charge is -2.11. The van der Waals surface area contributed by atoms with Crippen molar-refractivity contribution in [2.24, 2.45) is 5.92 Å². The third kappa shape index (κ3) is 5.33. The highest BCUT2D eigenvalue weighted by Gasteiger charge is 2.14. The van der Waals surface area contributed by atoms with Crippen molar-refractivity contribution in [3.8, 4) is 0 Å². The van der Waals surface area contributed by atoms with E-state index in [1.165, 1.54) is 36.8 Å². The largest absolute Gasteiger partial charge is 0.374 e. The molecular weight excluding hydrogens is 234 g/mol. The van der Waals surface area contributed by atoms with Crippen molar-refractivity contribution in [3.05, 3.63) is 35.4 Å². The highest BCUT2D eigenvalue weighted by Crippen LogP contribution is 2.22. The van der Waals surface area contributed by atoms with Crippen LogP contribution in [0.5, 0.6) is 0 Å².